The van der Waals surface area contributed by atoms with Crippen molar-refractivity contribution < 1.29 is 32.4 Å². The summed E-state index contributed by atoms with van der Waals surface area (Å²) in [5.74, 6) is -4.20. The standard InChI is InChI=1S/C22H33F2N5O5/c1-3-8-22(23,24)13-16(26-21(32)29-9-5-11-33-12-10-29)19(31)25-15(4-2)17(30)18-27-20(34-28-18)14-6-7-14/h14-16H,3-13H2,1-2H3,(H,25,31)(H,26,32)/t15?,16-/m0/s1. The summed E-state index contributed by atoms with van der Waals surface area (Å²) >= 11 is 0. The SMILES string of the molecule is CCCC(F)(F)C[C@H](NC(=O)N1CCCOCC1)C(=O)NC(CC)C(=O)c1noc(C2CC2)n1. The van der Waals surface area contributed by atoms with Gasteiger partial charge in [0.2, 0.25) is 23.4 Å². The molecule has 190 valence electrons. The molecule has 34 heavy (non-hydrogen) atoms. The van der Waals surface area contributed by atoms with Gasteiger partial charge in [-0.1, -0.05) is 25.4 Å². The summed E-state index contributed by atoms with van der Waals surface area (Å²) in [5.41, 5.74) is 0. The average Bonchev–Trinajstić information content (AvgIpc) is 3.58. The lowest BCUT2D eigenvalue weighted by Crippen LogP contribution is -2.55. The number of urea groups is 1. The molecule has 2 N–H and O–H groups in total. The molecule has 1 aliphatic heterocycles. The molecule has 12 heteroatoms. The van der Waals surface area contributed by atoms with E-state index in [0.717, 1.165) is 12.8 Å². The highest BCUT2D eigenvalue weighted by Gasteiger charge is 2.38. The van der Waals surface area contributed by atoms with Gasteiger partial charge in [0.15, 0.2) is 0 Å². The van der Waals surface area contributed by atoms with Crippen molar-refractivity contribution in [3.8, 4) is 0 Å². The first-order chi connectivity index (χ1) is 16.2. The minimum absolute atomic E-state index is 0.157. The van der Waals surface area contributed by atoms with Crippen molar-refractivity contribution in [3.05, 3.63) is 11.7 Å². The first-order valence-electron chi connectivity index (χ1n) is 11.9. The minimum Gasteiger partial charge on any atom is -0.380 e. The molecule has 2 heterocycles. The number of alkyl halides is 2. The lowest BCUT2D eigenvalue weighted by atomic mass is 10.0. The van der Waals surface area contributed by atoms with Crippen molar-refractivity contribution in [2.45, 2.75) is 82.7 Å². The van der Waals surface area contributed by atoms with Crippen molar-refractivity contribution in [2.24, 2.45) is 0 Å². The van der Waals surface area contributed by atoms with Gasteiger partial charge < -0.3 is 24.8 Å². The van der Waals surface area contributed by atoms with E-state index in [1.807, 2.05) is 0 Å². The zero-order valence-corrected chi connectivity index (χ0v) is 19.6. The Morgan fingerprint density at radius 3 is 2.59 bits per heavy atom. The normalized spacial score (nSPS) is 18.6. The molecule has 0 aromatic carbocycles. The predicted molar refractivity (Wildman–Crippen MR) is 117 cm³/mol. The smallest absolute Gasteiger partial charge is 0.318 e. The van der Waals surface area contributed by atoms with Crippen LogP contribution in [-0.4, -0.2) is 77.1 Å². The number of ether oxygens (including phenoxy) is 1. The number of carbonyl (C=O) groups excluding carboxylic acids is 3. The van der Waals surface area contributed by atoms with Gasteiger partial charge in [-0.3, -0.25) is 9.59 Å². The lowest BCUT2D eigenvalue weighted by molar-refractivity contribution is -0.126. The Kier molecular flexibility index (Phi) is 8.92. The van der Waals surface area contributed by atoms with Crippen LogP contribution in [0.1, 0.15) is 81.2 Å². The lowest BCUT2D eigenvalue weighted by Gasteiger charge is -2.28. The van der Waals surface area contributed by atoms with Crippen LogP contribution in [0.2, 0.25) is 0 Å². The molecule has 1 saturated heterocycles. The molecule has 2 fully saturated rings. The molecule has 1 unspecified atom stereocenters. The summed E-state index contributed by atoms with van der Waals surface area (Å²) in [7, 11) is 0. The quantitative estimate of drug-likeness (QED) is 0.462. The topological polar surface area (TPSA) is 127 Å². The van der Waals surface area contributed by atoms with Gasteiger partial charge in [-0.05, 0) is 25.7 Å². The average molecular weight is 486 g/mol. The van der Waals surface area contributed by atoms with Crippen LogP contribution in [-0.2, 0) is 9.53 Å². The summed E-state index contributed by atoms with van der Waals surface area (Å²) < 4.78 is 39.3. The Labute approximate surface area is 197 Å². The summed E-state index contributed by atoms with van der Waals surface area (Å²) in [6.07, 6.45) is 1.55. The second kappa shape index (κ2) is 11.7. The van der Waals surface area contributed by atoms with Crippen LogP contribution in [0, 0.1) is 0 Å². The Bertz CT molecular complexity index is 852. The van der Waals surface area contributed by atoms with Crippen molar-refractivity contribution in [1.82, 2.24) is 25.7 Å². The van der Waals surface area contributed by atoms with E-state index in [4.69, 9.17) is 9.26 Å². The largest absolute Gasteiger partial charge is 0.380 e. The number of ketones is 1. The fraction of sp³-hybridized carbons (Fsp3) is 0.773. The van der Waals surface area contributed by atoms with Gasteiger partial charge in [0, 0.05) is 38.5 Å². The van der Waals surface area contributed by atoms with E-state index in [1.165, 1.54) is 4.90 Å². The molecule has 1 aromatic rings. The molecular formula is C22H33F2N5O5. The Morgan fingerprint density at radius 1 is 1.15 bits per heavy atom. The highest BCUT2D eigenvalue weighted by atomic mass is 19.3. The molecule has 1 aromatic heterocycles. The summed E-state index contributed by atoms with van der Waals surface area (Å²) in [5, 5.41) is 8.65. The number of nitrogens with zero attached hydrogens (tertiary/aromatic N) is 3. The van der Waals surface area contributed by atoms with Gasteiger partial charge in [0.25, 0.3) is 5.92 Å². The van der Waals surface area contributed by atoms with Crippen LogP contribution in [0.25, 0.3) is 0 Å². The van der Waals surface area contributed by atoms with Gasteiger partial charge in [-0.15, -0.1) is 0 Å². The number of carbonyl (C=O) groups is 3. The monoisotopic (exact) mass is 485 g/mol. The van der Waals surface area contributed by atoms with Crippen LogP contribution < -0.4 is 10.6 Å². The maximum Gasteiger partial charge on any atom is 0.318 e. The van der Waals surface area contributed by atoms with Gasteiger partial charge in [0.1, 0.15) is 6.04 Å². The fourth-order valence-corrected chi connectivity index (χ4v) is 3.78. The van der Waals surface area contributed by atoms with Gasteiger partial charge >= 0.3 is 6.03 Å². The van der Waals surface area contributed by atoms with Crippen LogP contribution in [0.4, 0.5) is 13.6 Å². The zero-order valence-electron chi connectivity index (χ0n) is 19.6. The molecule has 3 amide bonds. The molecule has 2 aliphatic rings. The third kappa shape index (κ3) is 7.18. The number of amides is 3. The van der Waals surface area contributed by atoms with Gasteiger partial charge in [-0.25, -0.2) is 13.6 Å². The van der Waals surface area contributed by atoms with E-state index in [-0.39, 0.29) is 24.6 Å². The second-order valence-corrected chi connectivity index (χ2v) is 8.83. The third-order valence-corrected chi connectivity index (χ3v) is 5.87. The van der Waals surface area contributed by atoms with E-state index in [1.54, 1.807) is 13.8 Å². The number of nitrogens with one attached hydrogen (secondary N) is 2. The zero-order chi connectivity index (χ0) is 24.7. The first kappa shape index (κ1) is 26.0. The van der Waals surface area contributed by atoms with Gasteiger partial charge in [-0.2, -0.15) is 4.98 Å². The molecule has 2 atom stereocenters. The highest BCUT2D eigenvalue weighted by Crippen LogP contribution is 2.38. The van der Waals surface area contributed by atoms with E-state index in [9.17, 15) is 23.2 Å². The number of Topliss-reactive ketones (excluding diaryl/α,β-unsaturated/α-hetero) is 1. The Balaban J connectivity index is 1.69. The van der Waals surface area contributed by atoms with Crippen LogP contribution in [0.5, 0.6) is 0 Å². The van der Waals surface area contributed by atoms with E-state index < -0.39 is 48.6 Å². The van der Waals surface area contributed by atoms with Gasteiger partial charge in [0.05, 0.1) is 12.6 Å². The van der Waals surface area contributed by atoms with Crippen molar-refractivity contribution >= 4 is 17.7 Å². The second-order valence-electron chi connectivity index (χ2n) is 8.83. The fourth-order valence-electron chi connectivity index (χ4n) is 3.78. The molecule has 0 spiro atoms. The van der Waals surface area contributed by atoms with Crippen molar-refractivity contribution in [2.75, 3.05) is 26.3 Å². The summed E-state index contributed by atoms with van der Waals surface area (Å²) in [6, 6.07) is -3.18. The number of hydrogen-bond acceptors (Lipinski definition) is 7. The molecular weight excluding hydrogens is 452 g/mol. The molecule has 1 aliphatic carbocycles. The van der Waals surface area contributed by atoms with Crippen molar-refractivity contribution in [3.63, 3.8) is 0 Å². The molecule has 3 rings (SSSR count). The summed E-state index contributed by atoms with van der Waals surface area (Å²) in [4.78, 5) is 44.1. The van der Waals surface area contributed by atoms with Crippen LogP contribution in [0.3, 0.4) is 0 Å². The molecule has 0 bridgehead atoms. The van der Waals surface area contributed by atoms with Crippen molar-refractivity contribution in [1.29, 1.82) is 0 Å². The number of hydrogen-bond donors (Lipinski definition) is 2. The van der Waals surface area contributed by atoms with E-state index >= 15 is 0 Å². The summed E-state index contributed by atoms with van der Waals surface area (Å²) in [6.45, 7) is 4.80. The molecule has 10 nitrogen and oxygen atoms in total. The maximum atomic E-state index is 14.5. The van der Waals surface area contributed by atoms with E-state index in [2.05, 4.69) is 20.8 Å². The Hall–Kier alpha value is -2.63. The Morgan fingerprint density at radius 2 is 1.91 bits per heavy atom. The number of aromatic nitrogens is 2. The van der Waals surface area contributed by atoms with Crippen LogP contribution in [0.15, 0.2) is 4.52 Å². The predicted octanol–water partition coefficient (Wildman–Crippen LogP) is 2.65. The van der Waals surface area contributed by atoms with E-state index in [0.29, 0.717) is 38.6 Å². The minimum atomic E-state index is -3.16. The third-order valence-electron chi connectivity index (χ3n) is 5.87. The number of halogens is 2. The van der Waals surface area contributed by atoms with Crippen LogP contribution >= 0.6 is 0 Å². The molecule has 1 saturated carbocycles. The number of rotatable bonds is 11. The highest BCUT2D eigenvalue weighted by molar-refractivity contribution is 6.00. The maximum absolute atomic E-state index is 14.5. The first-order valence-corrected chi connectivity index (χ1v) is 11.9. The molecule has 0 radical (unpaired) electrons.